The van der Waals surface area contributed by atoms with E-state index in [0.29, 0.717) is 9.66 Å². The fourth-order valence-corrected chi connectivity index (χ4v) is 1.20. The molecule has 0 unspecified atom stereocenters. The first-order chi connectivity index (χ1) is 4.22. The van der Waals surface area contributed by atoms with Gasteiger partial charge in [0.2, 0.25) is 0 Å². The van der Waals surface area contributed by atoms with Crippen molar-refractivity contribution in [2.24, 2.45) is 0 Å². The molecule has 0 atom stereocenters. The van der Waals surface area contributed by atoms with E-state index in [1.165, 1.54) is 6.33 Å². The van der Waals surface area contributed by atoms with Crippen molar-refractivity contribution < 1.29 is 0 Å². The molecule has 5 heteroatoms. The number of nitrogens with zero attached hydrogens (tertiary/aromatic N) is 1. The maximum Gasteiger partial charge on any atom is 0.149 e. The molecule has 9 heavy (non-hydrogen) atoms. The van der Waals surface area contributed by atoms with Gasteiger partial charge in [-0.15, -0.1) is 0 Å². The van der Waals surface area contributed by atoms with Crippen LogP contribution in [0, 0.1) is 8.34 Å². The SMILES string of the molecule is S=c1nc[nH]c(I)c1Cl. The van der Waals surface area contributed by atoms with E-state index in [0.717, 1.165) is 3.70 Å². The highest BCUT2D eigenvalue weighted by Crippen LogP contribution is 2.14. The molecule has 0 saturated heterocycles. The average Bonchev–Trinajstić information content (AvgIpc) is 1.83. The number of aromatic amines is 1. The van der Waals surface area contributed by atoms with Crippen LogP contribution in [0.5, 0.6) is 0 Å². The van der Waals surface area contributed by atoms with Crippen molar-refractivity contribution >= 4 is 46.4 Å². The smallest absolute Gasteiger partial charge is 0.149 e. The Morgan fingerprint density at radius 2 is 2.44 bits per heavy atom. The van der Waals surface area contributed by atoms with Crippen LogP contribution in [0.1, 0.15) is 0 Å². The first-order valence-corrected chi connectivity index (χ1v) is 3.97. The zero-order chi connectivity index (χ0) is 6.85. The van der Waals surface area contributed by atoms with Gasteiger partial charge >= 0.3 is 0 Å². The van der Waals surface area contributed by atoms with E-state index >= 15 is 0 Å². The van der Waals surface area contributed by atoms with E-state index in [4.69, 9.17) is 23.8 Å². The standard InChI is InChI=1S/C4H2ClIN2S/c5-2-3(6)7-1-8-4(2)9/h1H,(H,7,8,9). The Bertz CT molecular complexity index is 272. The monoisotopic (exact) mass is 272 g/mol. The van der Waals surface area contributed by atoms with E-state index in [1.54, 1.807) is 0 Å². The molecule has 0 saturated carbocycles. The molecule has 0 bridgehead atoms. The fraction of sp³-hybridized carbons (Fsp3) is 0. The summed E-state index contributed by atoms with van der Waals surface area (Å²) in [6, 6.07) is 0. The molecule has 0 spiro atoms. The maximum absolute atomic E-state index is 5.67. The van der Waals surface area contributed by atoms with Crippen LogP contribution in [-0.4, -0.2) is 9.97 Å². The van der Waals surface area contributed by atoms with Crippen LogP contribution >= 0.6 is 46.4 Å². The van der Waals surface area contributed by atoms with Crippen LogP contribution in [0.2, 0.25) is 5.02 Å². The van der Waals surface area contributed by atoms with Crippen molar-refractivity contribution in [3.05, 3.63) is 19.7 Å². The Balaban J connectivity index is 3.43. The Hall–Kier alpha value is 0.320. The van der Waals surface area contributed by atoms with Crippen molar-refractivity contribution in [1.29, 1.82) is 0 Å². The van der Waals surface area contributed by atoms with Gasteiger partial charge in [0.1, 0.15) is 13.4 Å². The summed E-state index contributed by atoms with van der Waals surface area (Å²) >= 11 is 12.5. The van der Waals surface area contributed by atoms with Gasteiger partial charge in [-0.3, -0.25) is 0 Å². The molecular formula is C4H2ClIN2S. The fourth-order valence-electron chi connectivity index (χ4n) is 0.361. The third-order valence-corrected chi connectivity index (χ3v) is 2.71. The minimum Gasteiger partial charge on any atom is -0.340 e. The molecule has 0 fully saturated rings. The van der Waals surface area contributed by atoms with Crippen LogP contribution < -0.4 is 0 Å². The van der Waals surface area contributed by atoms with Crippen LogP contribution in [0.3, 0.4) is 0 Å². The van der Waals surface area contributed by atoms with E-state index in [-0.39, 0.29) is 0 Å². The first kappa shape index (κ1) is 7.43. The number of hydrogen-bond acceptors (Lipinski definition) is 2. The third kappa shape index (κ3) is 1.62. The summed E-state index contributed by atoms with van der Waals surface area (Å²) in [5.41, 5.74) is 0. The highest BCUT2D eigenvalue weighted by molar-refractivity contribution is 14.1. The summed E-state index contributed by atoms with van der Waals surface area (Å²) in [7, 11) is 0. The second kappa shape index (κ2) is 2.94. The van der Waals surface area contributed by atoms with Gasteiger partial charge in [-0.2, -0.15) is 0 Å². The summed E-state index contributed by atoms with van der Waals surface area (Å²) in [5, 5.41) is 0.521. The quantitative estimate of drug-likeness (QED) is 0.446. The molecule has 1 aromatic heterocycles. The van der Waals surface area contributed by atoms with Gasteiger partial charge in [-0.1, -0.05) is 23.8 Å². The summed E-state index contributed by atoms with van der Waals surface area (Å²) in [4.78, 5) is 6.58. The maximum atomic E-state index is 5.67. The Kier molecular flexibility index (Phi) is 2.42. The molecule has 0 radical (unpaired) electrons. The van der Waals surface area contributed by atoms with Crippen LogP contribution in [0.4, 0.5) is 0 Å². The molecule has 2 nitrogen and oxygen atoms in total. The summed E-state index contributed by atoms with van der Waals surface area (Å²) in [6.45, 7) is 0. The second-order valence-corrected chi connectivity index (χ2v) is 3.18. The molecule has 0 aromatic carbocycles. The van der Waals surface area contributed by atoms with Crippen molar-refractivity contribution in [2.45, 2.75) is 0 Å². The molecule has 0 amide bonds. The largest absolute Gasteiger partial charge is 0.340 e. The molecule has 1 rings (SSSR count). The lowest BCUT2D eigenvalue weighted by atomic mass is 10.7. The van der Waals surface area contributed by atoms with Crippen molar-refractivity contribution in [2.75, 3.05) is 0 Å². The Labute approximate surface area is 75.8 Å². The number of nitrogens with one attached hydrogen (secondary N) is 1. The van der Waals surface area contributed by atoms with Crippen molar-refractivity contribution in [3.8, 4) is 0 Å². The highest BCUT2D eigenvalue weighted by atomic mass is 127. The van der Waals surface area contributed by atoms with E-state index in [2.05, 4.69) is 32.6 Å². The lowest BCUT2D eigenvalue weighted by Crippen LogP contribution is -1.84. The van der Waals surface area contributed by atoms with Gasteiger partial charge in [-0.25, -0.2) is 4.98 Å². The number of hydrogen-bond donors (Lipinski definition) is 1. The number of aromatic nitrogens is 2. The topological polar surface area (TPSA) is 28.7 Å². The molecule has 1 heterocycles. The normalized spacial score (nSPS) is 9.56. The Morgan fingerprint density at radius 1 is 1.78 bits per heavy atom. The second-order valence-electron chi connectivity index (χ2n) is 1.34. The molecule has 1 N–H and O–H groups in total. The van der Waals surface area contributed by atoms with Gasteiger partial charge in [0.25, 0.3) is 0 Å². The third-order valence-electron chi connectivity index (χ3n) is 0.754. The molecule has 0 aliphatic rings. The zero-order valence-electron chi connectivity index (χ0n) is 4.19. The van der Waals surface area contributed by atoms with Gasteiger partial charge in [-0.05, 0) is 22.6 Å². The lowest BCUT2D eigenvalue weighted by Gasteiger charge is -1.91. The van der Waals surface area contributed by atoms with Crippen LogP contribution in [0.25, 0.3) is 0 Å². The number of halogens is 2. The van der Waals surface area contributed by atoms with Crippen LogP contribution in [-0.2, 0) is 0 Å². The molecular weight excluding hydrogens is 270 g/mol. The molecule has 0 aliphatic heterocycles. The van der Waals surface area contributed by atoms with E-state index < -0.39 is 0 Å². The molecule has 48 valence electrons. The van der Waals surface area contributed by atoms with Gasteiger partial charge in [0, 0.05) is 0 Å². The number of H-pyrrole nitrogens is 1. The van der Waals surface area contributed by atoms with Crippen molar-refractivity contribution in [3.63, 3.8) is 0 Å². The van der Waals surface area contributed by atoms with Gasteiger partial charge < -0.3 is 4.98 Å². The van der Waals surface area contributed by atoms with Gasteiger partial charge in [0.05, 0.1) is 6.33 Å². The summed E-state index contributed by atoms with van der Waals surface area (Å²) in [5.74, 6) is 0. The van der Waals surface area contributed by atoms with E-state index in [9.17, 15) is 0 Å². The average molecular weight is 272 g/mol. The lowest BCUT2D eigenvalue weighted by molar-refractivity contribution is 1.12. The van der Waals surface area contributed by atoms with Crippen LogP contribution in [0.15, 0.2) is 6.33 Å². The predicted molar refractivity (Wildman–Crippen MR) is 47.1 cm³/mol. The Morgan fingerprint density at radius 3 is 2.89 bits per heavy atom. The van der Waals surface area contributed by atoms with E-state index in [1.807, 2.05) is 0 Å². The van der Waals surface area contributed by atoms with Crippen molar-refractivity contribution in [1.82, 2.24) is 9.97 Å². The molecule has 1 aromatic rings. The minimum atomic E-state index is 0.444. The zero-order valence-corrected chi connectivity index (χ0v) is 7.92. The number of rotatable bonds is 0. The first-order valence-electron chi connectivity index (χ1n) is 2.10. The summed E-state index contributed by atoms with van der Waals surface area (Å²) < 4.78 is 1.27. The highest BCUT2D eigenvalue weighted by Gasteiger charge is 1.95. The van der Waals surface area contributed by atoms with Gasteiger partial charge in [0.15, 0.2) is 0 Å². The molecule has 0 aliphatic carbocycles. The summed E-state index contributed by atoms with van der Waals surface area (Å²) in [6.07, 6.45) is 1.52. The minimum absolute atomic E-state index is 0.444. The predicted octanol–water partition coefficient (Wildman–Crippen LogP) is 2.40.